The molecule has 2 fully saturated rings. The van der Waals surface area contributed by atoms with Gasteiger partial charge in [0.15, 0.2) is 0 Å². The van der Waals surface area contributed by atoms with E-state index in [2.05, 4.69) is 0 Å². The van der Waals surface area contributed by atoms with Crippen molar-refractivity contribution in [2.45, 2.75) is 43.9 Å². The van der Waals surface area contributed by atoms with Crippen LogP contribution >= 0.6 is 11.6 Å². The fourth-order valence-corrected chi connectivity index (χ4v) is 6.27. The number of carbonyl (C=O) groups excluding carboxylic acids is 3. The van der Waals surface area contributed by atoms with Gasteiger partial charge in [0, 0.05) is 43.5 Å². The van der Waals surface area contributed by atoms with Crippen molar-refractivity contribution in [2.75, 3.05) is 37.7 Å². The molecule has 1 aromatic rings. The highest BCUT2D eigenvalue weighted by molar-refractivity contribution is 6.30. The zero-order chi connectivity index (χ0) is 25.4. The van der Waals surface area contributed by atoms with Crippen molar-refractivity contribution in [3.05, 3.63) is 53.6 Å². The summed E-state index contributed by atoms with van der Waals surface area (Å²) in [7, 11) is 0. The van der Waals surface area contributed by atoms with E-state index in [0.29, 0.717) is 49.7 Å². The van der Waals surface area contributed by atoms with E-state index in [1.807, 2.05) is 31.2 Å². The number of rotatable bonds is 7. The van der Waals surface area contributed by atoms with E-state index < -0.39 is 29.6 Å². The predicted octanol–water partition coefficient (Wildman–Crippen LogP) is 2.40. The summed E-state index contributed by atoms with van der Waals surface area (Å²) < 4.78 is 6.62. The molecule has 0 bridgehead atoms. The number of anilines is 1. The summed E-state index contributed by atoms with van der Waals surface area (Å²) in [6.07, 6.45) is 8.82. The molecule has 5 rings (SSSR count). The van der Waals surface area contributed by atoms with Crippen molar-refractivity contribution in [3.8, 4) is 0 Å². The van der Waals surface area contributed by atoms with Gasteiger partial charge in [-0.25, -0.2) is 0 Å². The normalized spacial score (nSPS) is 31.4. The number of likely N-dealkylation sites (tertiary alicyclic amines) is 1. The molecule has 36 heavy (non-hydrogen) atoms. The lowest BCUT2D eigenvalue weighted by Gasteiger charge is -2.35. The number of hydrogen-bond acceptors (Lipinski definition) is 5. The van der Waals surface area contributed by atoms with Gasteiger partial charge in [-0.3, -0.25) is 14.4 Å². The lowest BCUT2D eigenvalue weighted by atomic mass is 9.77. The van der Waals surface area contributed by atoms with E-state index in [4.69, 9.17) is 16.3 Å². The summed E-state index contributed by atoms with van der Waals surface area (Å²) in [4.78, 5) is 46.9. The van der Waals surface area contributed by atoms with Crippen LogP contribution in [0.3, 0.4) is 0 Å². The van der Waals surface area contributed by atoms with Crippen LogP contribution in [0.1, 0.15) is 26.2 Å². The van der Waals surface area contributed by atoms with Crippen molar-refractivity contribution in [2.24, 2.45) is 11.8 Å². The molecule has 9 heteroatoms. The third-order valence-corrected chi connectivity index (χ3v) is 7.93. The van der Waals surface area contributed by atoms with E-state index in [1.165, 1.54) is 0 Å². The Morgan fingerprint density at radius 3 is 2.53 bits per heavy atom. The largest absolute Gasteiger partial charge is 0.396 e. The number of ether oxygens (including phenoxy) is 1. The monoisotopic (exact) mass is 513 g/mol. The summed E-state index contributed by atoms with van der Waals surface area (Å²) >= 11 is 6.07. The van der Waals surface area contributed by atoms with Crippen molar-refractivity contribution in [1.29, 1.82) is 0 Å². The zero-order valence-electron chi connectivity index (χ0n) is 20.4. The Morgan fingerprint density at radius 2 is 1.81 bits per heavy atom. The van der Waals surface area contributed by atoms with Gasteiger partial charge in [0.05, 0.1) is 17.9 Å². The van der Waals surface area contributed by atoms with Gasteiger partial charge < -0.3 is 24.5 Å². The van der Waals surface area contributed by atoms with Gasteiger partial charge in [0.1, 0.15) is 11.6 Å². The van der Waals surface area contributed by atoms with Crippen LogP contribution in [0.15, 0.2) is 48.6 Å². The highest BCUT2D eigenvalue weighted by atomic mass is 35.5. The molecule has 2 saturated heterocycles. The van der Waals surface area contributed by atoms with Crippen LogP contribution in [0.25, 0.3) is 0 Å². The van der Waals surface area contributed by atoms with Gasteiger partial charge in [0.25, 0.3) is 5.91 Å². The third-order valence-electron chi connectivity index (χ3n) is 7.68. The molecule has 1 aromatic carbocycles. The first-order valence-electron chi connectivity index (χ1n) is 12.7. The minimum Gasteiger partial charge on any atom is -0.396 e. The number of carbonyl (C=O) groups is 3. The second-order valence-corrected chi connectivity index (χ2v) is 10.3. The molecule has 1 N–H and O–H groups in total. The SMILES string of the molecule is CCCN1CC=C[C@H]2O[C@]34C=CCN(c5ccc(Cl)cc5)C(=O)C3N(CCCCO)C(=O)[C@@H]4[C@H]2C1=O. The third kappa shape index (κ3) is 3.96. The Bertz CT molecular complexity index is 1090. The standard InChI is InChI=1S/C27H32ClN3O5/c1-2-13-29-14-5-7-20-21(24(29)33)22-25(34)31(15-3-4-17-32)23-26(35)30(16-6-12-27(22,23)36-20)19-10-8-18(28)9-11-19/h5-12,20-23,32H,2-4,13-17H2,1H3/t20-,21+,22+,23?,27+/m1/s1. The van der Waals surface area contributed by atoms with Gasteiger partial charge >= 0.3 is 0 Å². The average molecular weight is 514 g/mol. The van der Waals surface area contributed by atoms with Crippen LogP contribution in [-0.4, -0.2) is 83.2 Å². The molecule has 0 aromatic heterocycles. The van der Waals surface area contributed by atoms with Crippen LogP contribution in [0.4, 0.5) is 5.69 Å². The molecule has 192 valence electrons. The van der Waals surface area contributed by atoms with Gasteiger partial charge in [-0.2, -0.15) is 0 Å². The number of benzene rings is 1. The van der Waals surface area contributed by atoms with E-state index in [-0.39, 0.29) is 24.3 Å². The zero-order valence-corrected chi connectivity index (χ0v) is 21.1. The van der Waals surface area contributed by atoms with Gasteiger partial charge in [-0.15, -0.1) is 0 Å². The molecule has 3 amide bonds. The highest BCUT2D eigenvalue weighted by Gasteiger charge is 2.71. The Balaban J connectivity index is 1.57. The highest BCUT2D eigenvalue weighted by Crippen LogP contribution is 2.53. The molecule has 0 saturated carbocycles. The topological polar surface area (TPSA) is 90.4 Å². The number of nitrogens with zero attached hydrogens (tertiary/aromatic N) is 3. The van der Waals surface area contributed by atoms with E-state index in [1.54, 1.807) is 39.0 Å². The molecule has 5 atom stereocenters. The number of aliphatic hydroxyl groups is 1. The molecule has 0 aliphatic carbocycles. The van der Waals surface area contributed by atoms with Gasteiger partial charge in [0.2, 0.25) is 11.8 Å². The molecule has 4 aliphatic heterocycles. The van der Waals surface area contributed by atoms with Crippen molar-refractivity contribution in [1.82, 2.24) is 9.80 Å². The molecule has 1 spiro atoms. The maximum atomic E-state index is 14.2. The van der Waals surface area contributed by atoms with Crippen LogP contribution in [0.5, 0.6) is 0 Å². The van der Waals surface area contributed by atoms with Crippen molar-refractivity contribution >= 4 is 35.0 Å². The molecule has 4 heterocycles. The maximum absolute atomic E-state index is 14.2. The first-order chi connectivity index (χ1) is 17.4. The van der Waals surface area contributed by atoms with Crippen LogP contribution in [-0.2, 0) is 19.1 Å². The van der Waals surface area contributed by atoms with Crippen molar-refractivity contribution in [3.63, 3.8) is 0 Å². The Morgan fingerprint density at radius 1 is 1.03 bits per heavy atom. The number of aliphatic hydroxyl groups excluding tert-OH is 1. The molecular weight excluding hydrogens is 482 g/mol. The number of unbranched alkanes of at least 4 members (excludes halogenated alkanes) is 1. The molecular formula is C27H32ClN3O5. The maximum Gasteiger partial charge on any atom is 0.253 e. The quantitative estimate of drug-likeness (QED) is 0.446. The summed E-state index contributed by atoms with van der Waals surface area (Å²) in [5.74, 6) is -2.06. The van der Waals surface area contributed by atoms with Gasteiger partial charge in [-0.05, 0) is 43.5 Å². The van der Waals surface area contributed by atoms with E-state index in [0.717, 1.165) is 6.42 Å². The van der Waals surface area contributed by atoms with E-state index in [9.17, 15) is 19.5 Å². The smallest absolute Gasteiger partial charge is 0.253 e. The fourth-order valence-electron chi connectivity index (χ4n) is 6.15. The predicted molar refractivity (Wildman–Crippen MR) is 135 cm³/mol. The Hall–Kier alpha value is -2.68. The summed E-state index contributed by atoms with van der Waals surface area (Å²) in [5, 5.41) is 9.89. The molecule has 4 aliphatic rings. The number of fused-ring (bicyclic) bond motifs is 2. The van der Waals surface area contributed by atoms with Crippen molar-refractivity contribution < 1.29 is 24.2 Å². The van der Waals surface area contributed by atoms with Crippen LogP contribution in [0.2, 0.25) is 5.02 Å². The molecule has 1 unspecified atom stereocenters. The van der Waals surface area contributed by atoms with E-state index >= 15 is 0 Å². The minimum absolute atomic E-state index is 0.00246. The lowest BCUT2D eigenvalue weighted by Crippen LogP contribution is -2.55. The number of halogens is 1. The first-order valence-corrected chi connectivity index (χ1v) is 13.1. The number of amides is 3. The Kier molecular flexibility index (Phi) is 6.94. The fraction of sp³-hybridized carbons (Fsp3) is 0.519. The summed E-state index contributed by atoms with van der Waals surface area (Å²) in [6.45, 7) is 3.73. The van der Waals surface area contributed by atoms with Crippen LogP contribution < -0.4 is 4.90 Å². The Labute approximate surface area is 216 Å². The summed E-state index contributed by atoms with van der Waals surface area (Å²) in [6, 6.07) is 6.11. The van der Waals surface area contributed by atoms with Crippen LogP contribution in [0, 0.1) is 11.8 Å². The average Bonchev–Trinajstić information content (AvgIpc) is 3.18. The van der Waals surface area contributed by atoms with Gasteiger partial charge in [-0.1, -0.05) is 42.8 Å². The number of hydrogen-bond donors (Lipinski definition) is 1. The molecule has 8 nitrogen and oxygen atoms in total. The second kappa shape index (κ2) is 10.00. The minimum atomic E-state index is -1.24. The first kappa shape index (κ1) is 25.0. The second-order valence-electron chi connectivity index (χ2n) is 9.84. The lowest BCUT2D eigenvalue weighted by molar-refractivity contribution is -0.144. The molecule has 0 radical (unpaired) electrons. The summed E-state index contributed by atoms with van der Waals surface area (Å²) in [5.41, 5.74) is -0.561.